The number of benzene rings is 3. The standard InChI is InChI=1S/C23H19F3N2O3S/c24-23(25,26)31-19-11-9-17(10-12-19)21(29)28-22(32)27-18-7-4-8-20(15-18)30-14-13-16-5-2-1-3-6-16/h1-12,15H,13-14H2,(H2,27,28,29,32). The Morgan fingerprint density at radius 1 is 0.906 bits per heavy atom. The van der Waals surface area contributed by atoms with E-state index in [2.05, 4.69) is 15.4 Å². The van der Waals surface area contributed by atoms with Crippen LogP contribution < -0.4 is 20.1 Å². The fourth-order valence-electron chi connectivity index (χ4n) is 2.74. The second-order valence-corrected chi connectivity index (χ2v) is 7.00. The van der Waals surface area contributed by atoms with Gasteiger partial charge in [-0.15, -0.1) is 13.2 Å². The summed E-state index contributed by atoms with van der Waals surface area (Å²) in [4.78, 5) is 12.3. The maximum atomic E-state index is 12.3. The zero-order valence-electron chi connectivity index (χ0n) is 16.7. The summed E-state index contributed by atoms with van der Waals surface area (Å²) in [5, 5.41) is 5.39. The first-order valence-corrected chi connectivity index (χ1v) is 9.94. The second kappa shape index (κ2) is 10.6. The molecule has 0 saturated carbocycles. The van der Waals surface area contributed by atoms with Gasteiger partial charge in [-0.3, -0.25) is 10.1 Å². The van der Waals surface area contributed by atoms with Crippen LogP contribution in [0.3, 0.4) is 0 Å². The highest BCUT2D eigenvalue weighted by Crippen LogP contribution is 2.23. The van der Waals surface area contributed by atoms with Crippen molar-refractivity contribution in [3.63, 3.8) is 0 Å². The van der Waals surface area contributed by atoms with Crippen molar-refractivity contribution >= 4 is 28.9 Å². The molecule has 0 aromatic heterocycles. The molecular formula is C23H19F3N2O3S. The Kier molecular flexibility index (Phi) is 7.67. The molecule has 0 fully saturated rings. The first-order chi connectivity index (χ1) is 15.3. The van der Waals surface area contributed by atoms with E-state index in [-0.39, 0.29) is 10.7 Å². The highest BCUT2D eigenvalue weighted by molar-refractivity contribution is 7.80. The molecule has 1 amide bonds. The Bertz CT molecular complexity index is 1060. The first-order valence-electron chi connectivity index (χ1n) is 9.53. The highest BCUT2D eigenvalue weighted by Gasteiger charge is 2.31. The SMILES string of the molecule is O=C(NC(=S)Nc1cccc(OCCc2ccccc2)c1)c1ccc(OC(F)(F)F)cc1. The van der Waals surface area contributed by atoms with Crippen LogP contribution in [0.15, 0.2) is 78.9 Å². The number of halogens is 3. The summed E-state index contributed by atoms with van der Waals surface area (Å²) in [6.07, 6.45) is -4.03. The van der Waals surface area contributed by atoms with E-state index in [0.29, 0.717) is 18.0 Å². The summed E-state index contributed by atoms with van der Waals surface area (Å²) in [6, 6.07) is 21.6. The summed E-state index contributed by atoms with van der Waals surface area (Å²) in [5.74, 6) is -0.351. The monoisotopic (exact) mass is 460 g/mol. The van der Waals surface area contributed by atoms with Crippen molar-refractivity contribution in [2.24, 2.45) is 0 Å². The average molecular weight is 460 g/mol. The Hall–Kier alpha value is -3.59. The summed E-state index contributed by atoms with van der Waals surface area (Å²) >= 11 is 5.15. The van der Waals surface area contributed by atoms with Crippen LogP contribution in [-0.2, 0) is 6.42 Å². The van der Waals surface area contributed by atoms with Gasteiger partial charge in [0.25, 0.3) is 5.91 Å². The van der Waals surface area contributed by atoms with Crippen molar-refractivity contribution in [1.82, 2.24) is 5.32 Å². The average Bonchev–Trinajstić information content (AvgIpc) is 2.74. The van der Waals surface area contributed by atoms with Gasteiger partial charge in [0.15, 0.2) is 5.11 Å². The Morgan fingerprint density at radius 2 is 1.62 bits per heavy atom. The normalized spacial score (nSPS) is 10.8. The van der Waals surface area contributed by atoms with Crippen LogP contribution in [0.4, 0.5) is 18.9 Å². The van der Waals surface area contributed by atoms with Crippen molar-refractivity contribution in [3.05, 3.63) is 90.0 Å². The summed E-state index contributed by atoms with van der Waals surface area (Å²) in [7, 11) is 0. The fraction of sp³-hybridized carbons (Fsp3) is 0.130. The van der Waals surface area contributed by atoms with Gasteiger partial charge in [0, 0.05) is 23.7 Å². The number of hydrogen-bond acceptors (Lipinski definition) is 4. The second-order valence-electron chi connectivity index (χ2n) is 6.59. The summed E-state index contributed by atoms with van der Waals surface area (Å²) in [6.45, 7) is 0.503. The van der Waals surface area contributed by atoms with E-state index in [9.17, 15) is 18.0 Å². The number of alkyl halides is 3. The number of carbonyl (C=O) groups is 1. The van der Waals surface area contributed by atoms with E-state index in [4.69, 9.17) is 17.0 Å². The van der Waals surface area contributed by atoms with Crippen molar-refractivity contribution < 1.29 is 27.4 Å². The molecule has 0 radical (unpaired) electrons. The predicted octanol–water partition coefficient (Wildman–Crippen LogP) is 5.33. The Labute approximate surface area is 188 Å². The molecule has 0 spiro atoms. The number of carbonyl (C=O) groups excluding carboxylic acids is 1. The quantitative estimate of drug-likeness (QED) is 0.467. The first kappa shape index (κ1) is 23.1. The molecule has 0 saturated heterocycles. The molecule has 0 aliphatic rings. The lowest BCUT2D eigenvalue weighted by Gasteiger charge is -2.12. The van der Waals surface area contributed by atoms with Crippen molar-refractivity contribution in [2.75, 3.05) is 11.9 Å². The molecule has 32 heavy (non-hydrogen) atoms. The molecule has 0 atom stereocenters. The molecule has 9 heteroatoms. The fourth-order valence-corrected chi connectivity index (χ4v) is 2.95. The van der Waals surface area contributed by atoms with Gasteiger partial charge in [0.1, 0.15) is 11.5 Å². The molecule has 0 aliphatic heterocycles. The van der Waals surface area contributed by atoms with Crippen LogP contribution in [0.5, 0.6) is 11.5 Å². The summed E-state index contributed by atoms with van der Waals surface area (Å²) in [5.41, 5.74) is 1.91. The van der Waals surface area contributed by atoms with Crippen molar-refractivity contribution in [2.45, 2.75) is 12.8 Å². The van der Waals surface area contributed by atoms with Crippen molar-refractivity contribution in [1.29, 1.82) is 0 Å². The third-order valence-corrected chi connectivity index (χ3v) is 4.38. The van der Waals surface area contributed by atoms with Gasteiger partial charge in [-0.1, -0.05) is 36.4 Å². The minimum absolute atomic E-state index is 0.0343. The lowest BCUT2D eigenvalue weighted by atomic mass is 10.2. The molecule has 3 rings (SSSR count). The number of nitrogens with one attached hydrogen (secondary N) is 2. The van der Waals surface area contributed by atoms with Crippen LogP contribution in [0.2, 0.25) is 0 Å². The third kappa shape index (κ3) is 7.59. The van der Waals surface area contributed by atoms with Gasteiger partial charge in [0.05, 0.1) is 6.61 Å². The zero-order chi connectivity index (χ0) is 23.0. The van der Waals surface area contributed by atoms with Gasteiger partial charge >= 0.3 is 6.36 Å². The van der Waals surface area contributed by atoms with Crippen LogP contribution in [-0.4, -0.2) is 24.0 Å². The van der Waals surface area contributed by atoms with E-state index in [1.54, 1.807) is 18.2 Å². The van der Waals surface area contributed by atoms with E-state index in [0.717, 1.165) is 18.6 Å². The van der Waals surface area contributed by atoms with E-state index < -0.39 is 18.0 Å². The molecule has 166 valence electrons. The third-order valence-electron chi connectivity index (χ3n) is 4.17. The predicted molar refractivity (Wildman–Crippen MR) is 119 cm³/mol. The number of amides is 1. The number of rotatable bonds is 7. The molecule has 0 bridgehead atoms. The Morgan fingerprint density at radius 3 is 2.31 bits per heavy atom. The highest BCUT2D eigenvalue weighted by atomic mass is 32.1. The van der Waals surface area contributed by atoms with Gasteiger partial charge in [-0.25, -0.2) is 0 Å². The summed E-state index contributed by atoms with van der Waals surface area (Å²) < 4.78 is 46.2. The smallest absolute Gasteiger partial charge is 0.493 e. The van der Waals surface area contributed by atoms with Crippen LogP contribution in [0.25, 0.3) is 0 Å². The molecule has 0 unspecified atom stereocenters. The van der Waals surface area contributed by atoms with Gasteiger partial charge in [-0.2, -0.15) is 0 Å². The molecular weight excluding hydrogens is 441 g/mol. The minimum atomic E-state index is -4.80. The maximum Gasteiger partial charge on any atom is 0.573 e. The van der Waals surface area contributed by atoms with Crippen molar-refractivity contribution in [3.8, 4) is 11.5 Å². The molecule has 3 aromatic carbocycles. The number of hydrogen-bond donors (Lipinski definition) is 2. The minimum Gasteiger partial charge on any atom is -0.493 e. The molecule has 0 heterocycles. The van der Waals surface area contributed by atoms with Gasteiger partial charge in [0.2, 0.25) is 0 Å². The molecule has 0 aliphatic carbocycles. The molecule has 2 N–H and O–H groups in total. The molecule has 5 nitrogen and oxygen atoms in total. The topological polar surface area (TPSA) is 59.6 Å². The van der Waals surface area contributed by atoms with E-state index in [1.807, 2.05) is 36.4 Å². The maximum absolute atomic E-state index is 12.3. The van der Waals surface area contributed by atoms with Crippen LogP contribution in [0.1, 0.15) is 15.9 Å². The number of ether oxygens (including phenoxy) is 2. The van der Waals surface area contributed by atoms with Crippen LogP contribution in [0, 0.1) is 0 Å². The number of anilines is 1. The van der Waals surface area contributed by atoms with E-state index in [1.165, 1.54) is 17.7 Å². The Balaban J connectivity index is 1.50. The largest absolute Gasteiger partial charge is 0.573 e. The van der Waals surface area contributed by atoms with Gasteiger partial charge < -0.3 is 14.8 Å². The lowest BCUT2D eigenvalue weighted by Crippen LogP contribution is -2.34. The molecule has 3 aromatic rings. The van der Waals surface area contributed by atoms with E-state index >= 15 is 0 Å². The van der Waals surface area contributed by atoms with Crippen LogP contribution >= 0.6 is 12.2 Å². The lowest BCUT2D eigenvalue weighted by molar-refractivity contribution is -0.274. The van der Waals surface area contributed by atoms with Gasteiger partial charge in [-0.05, 0) is 54.2 Å². The zero-order valence-corrected chi connectivity index (χ0v) is 17.5. The number of thiocarbonyl (C=S) groups is 1.